The zero-order valence-corrected chi connectivity index (χ0v) is 14.6. The Labute approximate surface area is 150 Å². The molecule has 1 heterocycles. The quantitative estimate of drug-likeness (QED) is 0.740. The molecule has 0 saturated carbocycles. The summed E-state index contributed by atoms with van der Waals surface area (Å²) in [7, 11) is 0. The van der Waals surface area contributed by atoms with Gasteiger partial charge in [0, 0.05) is 18.2 Å². The Morgan fingerprint density at radius 3 is 2.46 bits per heavy atom. The standard InChI is InChI=1S/C20H19F2N3O/c1-13-11-14(2)25(24-13)17-7-3-15(4-8-17)5-10-20(26)23-19-12-16(21)6-9-18(19)22/h3-4,6-9,11-12H,5,10H2,1-2H3,(H,23,26). The summed E-state index contributed by atoms with van der Waals surface area (Å²) >= 11 is 0. The number of aromatic nitrogens is 2. The molecule has 0 fully saturated rings. The monoisotopic (exact) mass is 355 g/mol. The third kappa shape index (κ3) is 4.14. The van der Waals surface area contributed by atoms with Crippen LogP contribution in [0.4, 0.5) is 14.5 Å². The number of hydrogen-bond acceptors (Lipinski definition) is 2. The molecule has 1 amide bonds. The fourth-order valence-corrected chi connectivity index (χ4v) is 2.76. The van der Waals surface area contributed by atoms with Crippen molar-refractivity contribution in [2.45, 2.75) is 26.7 Å². The van der Waals surface area contributed by atoms with E-state index in [1.165, 1.54) is 0 Å². The van der Waals surface area contributed by atoms with E-state index in [2.05, 4.69) is 10.4 Å². The summed E-state index contributed by atoms with van der Waals surface area (Å²) in [6.45, 7) is 3.93. The number of hydrogen-bond donors (Lipinski definition) is 1. The first-order chi connectivity index (χ1) is 12.4. The maximum Gasteiger partial charge on any atom is 0.224 e. The van der Waals surface area contributed by atoms with Gasteiger partial charge in [-0.05, 0) is 56.2 Å². The van der Waals surface area contributed by atoms with Gasteiger partial charge in [-0.2, -0.15) is 5.10 Å². The van der Waals surface area contributed by atoms with Crippen LogP contribution in [0.15, 0.2) is 48.5 Å². The van der Waals surface area contributed by atoms with E-state index in [4.69, 9.17) is 0 Å². The largest absolute Gasteiger partial charge is 0.324 e. The van der Waals surface area contributed by atoms with E-state index >= 15 is 0 Å². The summed E-state index contributed by atoms with van der Waals surface area (Å²) in [5.74, 6) is -1.62. The van der Waals surface area contributed by atoms with Crippen molar-refractivity contribution in [3.8, 4) is 5.69 Å². The maximum atomic E-state index is 13.5. The Bertz CT molecular complexity index is 933. The van der Waals surface area contributed by atoms with Gasteiger partial charge in [0.15, 0.2) is 0 Å². The average molecular weight is 355 g/mol. The Morgan fingerprint density at radius 1 is 1.08 bits per heavy atom. The number of carbonyl (C=O) groups excluding carboxylic acids is 1. The molecular formula is C20H19F2N3O. The first kappa shape index (κ1) is 17.8. The third-order valence-corrected chi connectivity index (χ3v) is 4.03. The topological polar surface area (TPSA) is 46.9 Å². The Balaban J connectivity index is 1.60. The van der Waals surface area contributed by atoms with Gasteiger partial charge in [-0.25, -0.2) is 13.5 Å². The van der Waals surface area contributed by atoms with Gasteiger partial charge in [-0.3, -0.25) is 4.79 Å². The zero-order chi connectivity index (χ0) is 18.7. The Morgan fingerprint density at radius 2 is 1.81 bits per heavy atom. The molecule has 26 heavy (non-hydrogen) atoms. The molecule has 0 saturated heterocycles. The van der Waals surface area contributed by atoms with Crippen LogP contribution in [0.1, 0.15) is 23.4 Å². The second-order valence-electron chi connectivity index (χ2n) is 6.18. The molecule has 0 spiro atoms. The molecule has 0 radical (unpaired) electrons. The molecule has 134 valence electrons. The van der Waals surface area contributed by atoms with Crippen LogP contribution in [0.3, 0.4) is 0 Å². The molecule has 0 atom stereocenters. The highest BCUT2D eigenvalue weighted by Crippen LogP contribution is 2.17. The van der Waals surface area contributed by atoms with Gasteiger partial charge in [0.1, 0.15) is 11.6 Å². The summed E-state index contributed by atoms with van der Waals surface area (Å²) in [4.78, 5) is 12.0. The van der Waals surface area contributed by atoms with E-state index in [0.717, 1.165) is 40.8 Å². The zero-order valence-electron chi connectivity index (χ0n) is 14.6. The molecule has 0 aliphatic carbocycles. The number of halogens is 2. The minimum atomic E-state index is -0.658. The second-order valence-corrected chi connectivity index (χ2v) is 6.18. The summed E-state index contributed by atoms with van der Waals surface area (Å²) in [6.07, 6.45) is 0.676. The van der Waals surface area contributed by atoms with Crippen molar-refractivity contribution in [1.29, 1.82) is 0 Å². The predicted molar refractivity (Wildman–Crippen MR) is 96.3 cm³/mol. The van der Waals surface area contributed by atoms with Crippen molar-refractivity contribution < 1.29 is 13.6 Å². The minimum absolute atomic E-state index is 0.144. The number of amides is 1. The van der Waals surface area contributed by atoms with Crippen LogP contribution in [0.2, 0.25) is 0 Å². The van der Waals surface area contributed by atoms with Crippen molar-refractivity contribution in [1.82, 2.24) is 9.78 Å². The van der Waals surface area contributed by atoms with E-state index < -0.39 is 11.6 Å². The number of nitrogens with zero attached hydrogens (tertiary/aromatic N) is 2. The first-order valence-corrected chi connectivity index (χ1v) is 8.30. The molecule has 0 unspecified atom stereocenters. The molecule has 0 aliphatic heterocycles. The fraction of sp³-hybridized carbons (Fsp3) is 0.200. The smallest absolute Gasteiger partial charge is 0.224 e. The number of benzene rings is 2. The van der Waals surface area contributed by atoms with Gasteiger partial charge in [0.05, 0.1) is 17.1 Å². The Kier molecular flexibility index (Phi) is 5.11. The maximum absolute atomic E-state index is 13.5. The van der Waals surface area contributed by atoms with Crippen LogP contribution < -0.4 is 5.32 Å². The molecule has 6 heteroatoms. The SMILES string of the molecule is Cc1cc(C)n(-c2ccc(CCC(=O)Nc3cc(F)ccc3F)cc2)n1. The summed E-state index contributed by atoms with van der Waals surface area (Å²) in [5, 5.41) is 6.83. The lowest BCUT2D eigenvalue weighted by molar-refractivity contribution is -0.116. The lowest BCUT2D eigenvalue weighted by Gasteiger charge is -2.08. The van der Waals surface area contributed by atoms with Crippen LogP contribution >= 0.6 is 0 Å². The molecular weight excluding hydrogens is 336 g/mol. The van der Waals surface area contributed by atoms with E-state index in [-0.39, 0.29) is 18.0 Å². The van der Waals surface area contributed by atoms with Crippen LogP contribution in [-0.4, -0.2) is 15.7 Å². The van der Waals surface area contributed by atoms with Crippen molar-refractivity contribution in [3.05, 3.63) is 77.1 Å². The van der Waals surface area contributed by atoms with Gasteiger partial charge in [-0.15, -0.1) is 0 Å². The highest BCUT2D eigenvalue weighted by molar-refractivity contribution is 5.90. The molecule has 1 N–H and O–H groups in total. The molecule has 2 aromatic carbocycles. The van der Waals surface area contributed by atoms with Crippen molar-refractivity contribution in [2.24, 2.45) is 0 Å². The molecule has 3 aromatic rings. The summed E-state index contributed by atoms with van der Waals surface area (Å²) < 4.78 is 28.5. The molecule has 0 bridgehead atoms. The van der Waals surface area contributed by atoms with Crippen molar-refractivity contribution >= 4 is 11.6 Å². The fourth-order valence-electron chi connectivity index (χ4n) is 2.76. The van der Waals surface area contributed by atoms with Crippen LogP contribution in [0, 0.1) is 25.5 Å². The lowest BCUT2D eigenvalue weighted by atomic mass is 10.1. The van der Waals surface area contributed by atoms with Crippen molar-refractivity contribution in [3.63, 3.8) is 0 Å². The molecule has 1 aromatic heterocycles. The minimum Gasteiger partial charge on any atom is -0.324 e. The van der Waals surface area contributed by atoms with E-state index in [9.17, 15) is 13.6 Å². The van der Waals surface area contributed by atoms with E-state index in [1.54, 1.807) is 0 Å². The van der Waals surface area contributed by atoms with E-state index in [1.807, 2.05) is 48.9 Å². The van der Waals surface area contributed by atoms with E-state index in [0.29, 0.717) is 6.42 Å². The number of nitrogens with one attached hydrogen (secondary N) is 1. The second kappa shape index (κ2) is 7.47. The van der Waals surface area contributed by atoms with Crippen molar-refractivity contribution in [2.75, 3.05) is 5.32 Å². The summed E-state index contributed by atoms with van der Waals surface area (Å²) in [6, 6.07) is 12.7. The molecule has 4 nitrogen and oxygen atoms in total. The molecule has 0 aliphatic rings. The number of anilines is 1. The summed E-state index contributed by atoms with van der Waals surface area (Å²) in [5.41, 5.74) is 3.78. The molecule has 3 rings (SSSR count). The Hall–Kier alpha value is -3.02. The highest BCUT2D eigenvalue weighted by Gasteiger charge is 2.09. The number of rotatable bonds is 5. The lowest BCUT2D eigenvalue weighted by Crippen LogP contribution is -2.13. The van der Waals surface area contributed by atoms with Crippen LogP contribution in [0.5, 0.6) is 0 Å². The van der Waals surface area contributed by atoms with Gasteiger partial charge < -0.3 is 5.32 Å². The first-order valence-electron chi connectivity index (χ1n) is 8.30. The predicted octanol–water partition coefficient (Wildman–Crippen LogP) is 4.34. The number of aryl methyl sites for hydroxylation is 3. The van der Waals surface area contributed by atoms with Gasteiger partial charge >= 0.3 is 0 Å². The van der Waals surface area contributed by atoms with Gasteiger partial charge in [0.2, 0.25) is 5.91 Å². The third-order valence-electron chi connectivity index (χ3n) is 4.03. The van der Waals surface area contributed by atoms with Crippen LogP contribution in [0.25, 0.3) is 5.69 Å². The van der Waals surface area contributed by atoms with Crippen LogP contribution in [-0.2, 0) is 11.2 Å². The van der Waals surface area contributed by atoms with Gasteiger partial charge in [-0.1, -0.05) is 12.1 Å². The number of carbonyl (C=O) groups is 1. The normalized spacial score (nSPS) is 10.8. The highest BCUT2D eigenvalue weighted by atomic mass is 19.1. The average Bonchev–Trinajstić information content (AvgIpc) is 2.95. The van der Waals surface area contributed by atoms with Gasteiger partial charge in [0.25, 0.3) is 0 Å².